The standard InChI is InChI=1S/C24H31FN4O3/c1-2-21-26-10-14-27(21)11-7-22(30)29-15-16-32-24(18-29)8-12-28(13-9-24)23(31)17-19-5-3-4-6-20(19)25/h3-6,10,14H,2,7-9,11-13,15-18H2,1H3. The van der Waals surface area contributed by atoms with E-state index < -0.39 is 5.60 Å². The van der Waals surface area contributed by atoms with Crippen LogP contribution in [0.15, 0.2) is 36.7 Å². The van der Waals surface area contributed by atoms with Crippen molar-refractivity contribution in [2.24, 2.45) is 0 Å². The minimum atomic E-state index is -0.397. The number of halogens is 1. The third-order valence-electron chi connectivity index (χ3n) is 6.61. The molecule has 0 atom stereocenters. The molecule has 8 heteroatoms. The Labute approximate surface area is 188 Å². The molecule has 2 amide bonds. The van der Waals surface area contributed by atoms with Crippen LogP contribution in [0.5, 0.6) is 0 Å². The maximum atomic E-state index is 13.9. The molecule has 0 N–H and O–H groups in total. The Kier molecular flexibility index (Phi) is 6.89. The fourth-order valence-corrected chi connectivity index (χ4v) is 4.67. The fourth-order valence-electron chi connectivity index (χ4n) is 4.67. The molecule has 0 unspecified atom stereocenters. The number of benzene rings is 1. The number of aryl methyl sites for hydroxylation is 2. The predicted octanol–water partition coefficient (Wildman–Crippen LogP) is 2.44. The van der Waals surface area contributed by atoms with Gasteiger partial charge in [-0.05, 0) is 24.5 Å². The van der Waals surface area contributed by atoms with Gasteiger partial charge in [-0.15, -0.1) is 0 Å². The predicted molar refractivity (Wildman–Crippen MR) is 117 cm³/mol. The lowest BCUT2D eigenvalue weighted by molar-refractivity contribution is -0.163. The Balaban J connectivity index is 1.29. The van der Waals surface area contributed by atoms with E-state index in [1.807, 2.05) is 15.7 Å². The molecule has 2 fully saturated rings. The molecule has 2 aromatic rings. The summed E-state index contributed by atoms with van der Waals surface area (Å²) in [5.41, 5.74) is 0.0271. The van der Waals surface area contributed by atoms with Crippen LogP contribution in [0, 0.1) is 5.82 Å². The van der Waals surface area contributed by atoms with Crippen LogP contribution in [0.1, 0.15) is 37.6 Å². The van der Waals surface area contributed by atoms with E-state index in [2.05, 4.69) is 11.9 Å². The monoisotopic (exact) mass is 442 g/mol. The SMILES string of the molecule is CCc1nccn1CCC(=O)N1CCOC2(CCN(C(=O)Cc3ccccc3F)CC2)C1. The van der Waals surface area contributed by atoms with Gasteiger partial charge in [0, 0.05) is 58.0 Å². The van der Waals surface area contributed by atoms with Gasteiger partial charge in [0.15, 0.2) is 0 Å². The van der Waals surface area contributed by atoms with E-state index in [9.17, 15) is 14.0 Å². The zero-order valence-electron chi connectivity index (χ0n) is 18.6. The molecular weight excluding hydrogens is 411 g/mol. The molecule has 1 aromatic heterocycles. The second kappa shape index (κ2) is 9.81. The number of imidazole rings is 1. The van der Waals surface area contributed by atoms with Gasteiger partial charge in [0.2, 0.25) is 11.8 Å². The van der Waals surface area contributed by atoms with Crippen molar-refractivity contribution in [1.82, 2.24) is 19.4 Å². The molecule has 4 rings (SSSR count). The van der Waals surface area contributed by atoms with E-state index in [4.69, 9.17) is 4.74 Å². The smallest absolute Gasteiger partial charge is 0.227 e. The summed E-state index contributed by atoms with van der Waals surface area (Å²) in [5, 5.41) is 0. The molecule has 0 aliphatic carbocycles. The second-order valence-corrected chi connectivity index (χ2v) is 8.64. The number of ether oxygens (including phenoxy) is 1. The van der Waals surface area contributed by atoms with Gasteiger partial charge in [0.1, 0.15) is 11.6 Å². The Morgan fingerprint density at radius 2 is 1.91 bits per heavy atom. The van der Waals surface area contributed by atoms with Crippen molar-refractivity contribution < 1.29 is 18.7 Å². The number of likely N-dealkylation sites (tertiary alicyclic amines) is 1. The number of hydrogen-bond acceptors (Lipinski definition) is 4. The number of aromatic nitrogens is 2. The molecule has 172 valence electrons. The highest BCUT2D eigenvalue weighted by molar-refractivity contribution is 5.79. The number of amides is 2. The lowest BCUT2D eigenvalue weighted by Gasteiger charge is -2.47. The van der Waals surface area contributed by atoms with E-state index in [1.54, 1.807) is 29.3 Å². The Bertz CT molecular complexity index is 952. The van der Waals surface area contributed by atoms with Crippen molar-refractivity contribution in [2.45, 2.75) is 51.2 Å². The Hall–Kier alpha value is -2.74. The molecule has 0 saturated carbocycles. The largest absolute Gasteiger partial charge is 0.371 e. The molecule has 7 nitrogen and oxygen atoms in total. The molecule has 0 bridgehead atoms. The number of nitrogens with zero attached hydrogens (tertiary/aromatic N) is 4. The number of rotatable bonds is 6. The summed E-state index contributed by atoms with van der Waals surface area (Å²) in [6, 6.07) is 6.40. The van der Waals surface area contributed by atoms with Gasteiger partial charge in [-0.1, -0.05) is 25.1 Å². The minimum absolute atomic E-state index is 0.0686. The van der Waals surface area contributed by atoms with Gasteiger partial charge in [0.25, 0.3) is 0 Å². The summed E-state index contributed by atoms with van der Waals surface area (Å²) in [5.74, 6) is 0.701. The zero-order chi connectivity index (χ0) is 22.6. The van der Waals surface area contributed by atoms with Gasteiger partial charge in [-0.3, -0.25) is 9.59 Å². The van der Waals surface area contributed by atoms with E-state index in [0.717, 1.165) is 12.2 Å². The summed E-state index contributed by atoms with van der Waals surface area (Å²) >= 11 is 0. The molecule has 32 heavy (non-hydrogen) atoms. The molecule has 2 aliphatic rings. The summed E-state index contributed by atoms with van der Waals surface area (Å²) in [6.07, 6.45) is 6.40. The van der Waals surface area contributed by atoms with Crippen LogP contribution in [0.2, 0.25) is 0 Å². The average Bonchev–Trinajstić information content (AvgIpc) is 3.27. The van der Waals surface area contributed by atoms with Crippen molar-refractivity contribution in [2.75, 3.05) is 32.8 Å². The van der Waals surface area contributed by atoms with Crippen molar-refractivity contribution in [3.05, 3.63) is 53.9 Å². The summed E-state index contributed by atoms with van der Waals surface area (Å²) < 4.78 is 22.1. The molecule has 0 radical (unpaired) electrons. The van der Waals surface area contributed by atoms with E-state index in [-0.39, 0.29) is 24.1 Å². The fraction of sp³-hybridized carbons (Fsp3) is 0.542. The summed E-state index contributed by atoms with van der Waals surface area (Å²) in [4.78, 5) is 33.5. The third-order valence-corrected chi connectivity index (χ3v) is 6.61. The normalized spacial score (nSPS) is 18.2. The Morgan fingerprint density at radius 1 is 1.12 bits per heavy atom. The van der Waals surface area contributed by atoms with Gasteiger partial charge in [-0.25, -0.2) is 9.37 Å². The van der Waals surface area contributed by atoms with E-state index >= 15 is 0 Å². The number of morpholine rings is 1. The molecule has 1 aromatic carbocycles. The summed E-state index contributed by atoms with van der Waals surface area (Å²) in [7, 11) is 0. The number of hydrogen-bond donors (Lipinski definition) is 0. The molecular formula is C24H31FN4O3. The Morgan fingerprint density at radius 3 is 2.66 bits per heavy atom. The maximum Gasteiger partial charge on any atom is 0.227 e. The lowest BCUT2D eigenvalue weighted by atomic mass is 9.89. The van der Waals surface area contributed by atoms with Gasteiger partial charge in [0.05, 0.1) is 18.6 Å². The highest BCUT2D eigenvalue weighted by Crippen LogP contribution is 2.31. The van der Waals surface area contributed by atoms with Crippen molar-refractivity contribution in [3.63, 3.8) is 0 Å². The van der Waals surface area contributed by atoms with Crippen LogP contribution in [-0.2, 0) is 33.7 Å². The van der Waals surface area contributed by atoms with Crippen LogP contribution in [0.3, 0.4) is 0 Å². The maximum absolute atomic E-state index is 13.9. The highest BCUT2D eigenvalue weighted by atomic mass is 19.1. The summed E-state index contributed by atoms with van der Waals surface area (Å²) in [6.45, 7) is 5.48. The van der Waals surface area contributed by atoms with Gasteiger partial charge in [-0.2, -0.15) is 0 Å². The molecule has 1 spiro atoms. The number of carbonyl (C=O) groups is 2. The molecule has 2 aliphatic heterocycles. The third kappa shape index (κ3) is 5.01. The number of piperidine rings is 1. The van der Waals surface area contributed by atoms with E-state index in [1.165, 1.54) is 6.07 Å². The van der Waals surface area contributed by atoms with Crippen molar-refractivity contribution in [1.29, 1.82) is 0 Å². The highest BCUT2D eigenvalue weighted by Gasteiger charge is 2.41. The van der Waals surface area contributed by atoms with Crippen LogP contribution in [0.25, 0.3) is 0 Å². The number of carbonyl (C=O) groups excluding carboxylic acids is 2. The molecule has 2 saturated heterocycles. The first-order chi connectivity index (χ1) is 15.5. The average molecular weight is 443 g/mol. The minimum Gasteiger partial charge on any atom is -0.371 e. The van der Waals surface area contributed by atoms with Crippen LogP contribution < -0.4 is 0 Å². The first kappa shape index (κ1) is 22.5. The van der Waals surface area contributed by atoms with Crippen LogP contribution >= 0.6 is 0 Å². The van der Waals surface area contributed by atoms with E-state index in [0.29, 0.717) is 64.2 Å². The van der Waals surface area contributed by atoms with Crippen molar-refractivity contribution in [3.8, 4) is 0 Å². The van der Waals surface area contributed by atoms with Crippen LogP contribution in [-0.4, -0.2) is 69.6 Å². The first-order valence-corrected chi connectivity index (χ1v) is 11.4. The zero-order valence-corrected chi connectivity index (χ0v) is 18.6. The second-order valence-electron chi connectivity index (χ2n) is 8.64. The van der Waals surface area contributed by atoms with Crippen LogP contribution in [0.4, 0.5) is 4.39 Å². The van der Waals surface area contributed by atoms with Crippen molar-refractivity contribution >= 4 is 11.8 Å². The van der Waals surface area contributed by atoms with Gasteiger partial charge < -0.3 is 19.1 Å². The quantitative estimate of drug-likeness (QED) is 0.689. The lowest BCUT2D eigenvalue weighted by Crippen LogP contribution is -2.58. The van der Waals surface area contributed by atoms with Gasteiger partial charge >= 0.3 is 0 Å². The topological polar surface area (TPSA) is 67.7 Å². The first-order valence-electron chi connectivity index (χ1n) is 11.4. The molecule has 3 heterocycles.